The molecule has 3 heterocycles. The van der Waals surface area contributed by atoms with Crippen molar-refractivity contribution in [2.45, 2.75) is 25.8 Å². The number of hydrogen-bond donors (Lipinski definition) is 1. The highest BCUT2D eigenvalue weighted by Crippen LogP contribution is 2.16. The Kier molecular flexibility index (Phi) is 2.73. The average Bonchev–Trinajstić information content (AvgIpc) is 2.75. The maximum absolute atomic E-state index is 6.01. The van der Waals surface area contributed by atoms with Gasteiger partial charge in [-0.05, 0) is 38.1 Å². The lowest BCUT2D eigenvalue weighted by Gasteiger charge is -2.26. The van der Waals surface area contributed by atoms with Crippen molar-refractivity contribution in [3.05, 3.63) is 30.1 Å². The molecule has 0 aromatic carbocycles. The summed E-state index contributed by atoms with van der Waals surface area (Å²) in [4.78, 5) is 6.89. The number of hydrogen-bond acceptors (Lipinski definition) is 3. The van der Waals surface area contributed by atoms with Crippen LogP contribution in [0.4, 0.5) is 5.82 Å². The van der Waals surface area contributed by atoms with E-state index in [9.17, 15) is 0 Å². The molecule has 1 aliphatic rings. The number of likely N-dealkylation sites (tertiary alicyclic amines) is 1. The number of nitrogen functional groups attached to an aromatic ring is 1. The summed E-state index contributed by atoms with van der Waals surface area (Å²) < 4.78 is 2.05. The molecule has 4 heteroatoms. The van der Waals surface area contributed by atoms with Crippen LogP contribution in [0.15, 0.2) is 24.4 Å². The molecule has 3 rings (SSSR count). The Hall–Kier alpha value is -1.55. The molecule has 1 aliphatic heterocycles. The van der Waals surface area contributed by atoms with Crippen LogP contribution < -0.4 is 5.73 Å². The van der Waals surface area contributed by atoms with Crippen LogP contribution in [-0.2, 0) is 6.54 Å². The van der Waals surface area contributed by atoms with E-state index in [1.807, 2.05) is 24.4 Å². The van der Waals surface area contributed by atoms with Gasteiger partial charge in [0, 0.05) is 6.54 Å². The summed E-state index contributed by atoms with van der Waals surface area (Å²) in [5, 5.41) is 0. The first-order valence-corrected chi connectivity index (χ1v) is 6.28. The quantitative estimate of drug-likeness (QED) is 0.857. The fourth-order valence-corrected chi connectivity index (χ4v) is 2.58. The van der Waals surface area contributed by atoms with Gasteiger partial charge in [-0.3, -0.25) is 9.30 Å². The molecule has 2 N–H and O–H groups in total. The summed E-state index contributed by atoms with van der Waals surface area (Å²) in [7, 11) is 0. The van der Waals surface area contributed by atoms with Crippen molar-refractivity contribution in [2.75, 3.05) is 18.8 Å². The van der Waals surface area contributed by atoms with Crippen LogP contribution in [0.5, 0.6) is 0 Å². The van der Waals surface area contributed by atoms with E-state index >= 15 is 0 Å². The topological polar surface area (TPSA) is 46.6 Å². The zero-order chi connectivity index (χ0) is 11.7. The summed E-state index contributed by atoms with van der Waals surface area (Å²) >= 11 is 0. The first-order valence-electron chi connectivity index (χ1n) is 6.28. The molecular weight excluding hydrogens is 212 g/mol. The van der Waals surface area contributed by atoms with Crippen LogP contribution in [0.25, 0.3) is 5.65 Å². The highest BCUT2D eigenvalue weighted by atomic mass is 15.2. The molecule has 90 valence electrons. The number of anilines is 1. The highest BCUT2D eigenvalue weighted by molar-refractivity contribution is 5.49. The number of fused-ring (bicyclic) bond motifs is 1. The molecule has 0 amide bonds. The SMILES string of the molecule is Nc1cccc2ncc(CN3CCCCC3)n12. The van der Waals surface area contributed by atoms with Crippen molar-refractivity contribution in [2.24, 2.45) is 0 Å². The molecule has 0 radical (unpaired) electrons. The first-order chi connectivity index (χ1) is 8.34. The molecule has 0 spiro atoms. The number of piperidine rings is 1. The third kappa shape index (κ3) is 2.00. The number of pyridine rings is 1. The van der Waals surface area contributed by atoms with E-state index in [0.29, 0.717) is 0 Å². The second kappa shape index (κ2) is 4.37. The van der Waals surface area contributed by atoms with E-state index in [2.05, 4.69) is 14.3 Å². The molecule has 0 atom stereocenters. The highest BCUT2D eigenvalue weighted by Gasteiger charge is 2.13. The molecule has 2 aromatic heterocycles. The largest absolute Gasteiger partial charge is 0.385 e. The first kappa shape index (κ1) is 10.6. The predicted octanol–water partition coefficient (Wildman–Crippen LogP) is 1.90. The van der Waals surface area contributed by atoms with Crippen LogP contribution in [0.2, 0.25) is 0 Å². The van der Waals surface area contributed by atoms with E-state index in [-0.39, 0.29) is 0 Å². The molecule has 2 aromatic rings. The van der Waals surface area contributed by atoms with Gasteiger partial charge in [0.25, 0.3) is 0 Å². The van der Waals surface area contributed by atoms with Gasteiger partial charge in [0.15, 0.2) is 0 Å². The zero-order valence-corrected chi connectivity index (χ0v) is 9.97. The van der Waals surface area contributed by atoms with Gasteiger partial charge in [-0.15, -0.1) is 0 Å². The number of rotatable bonds is 2. The van der Waals surface area contributed by atoms with Gasteiger partial charge in [0.05, 0.1) is 11.9 Å². The summed E-state index contributed by atoms with van der Waals surface area (Å²) in [5.41, 5.74) is 8.15. The Morgan fingerprint density at radius 1 is 1.18 bits per heavy atom. The fraction of sp³-hybridized carbons (Fsp3) is 0.462. The monoisotopic (exact) mass is 230 g/mol. The van der Waals surface area contributed by atoms with Crippen molar-refractivity contribution in [3.63, 3.8) is 0 Å². The van der Waals surface area contributed by atoms with Gasteiger partial charge >= 0.3 is 0 Å². The Morgan fingerprint density at radius 2 is 2.00 bits per heavy atom. The van der Waals surface area contributed by atoms with Crippen molar-refractivity contribution >= 4 is 11.5 Å². The Labute approximate surface area is 101 Å². The summed E-state index contributed by atoms with van der Waals surface area (Å²) in [6, 6.07) is 5.87. The van der Waals surface area contributed by atoms with Gasteiger partial charge in [0.2, 0.25) is 0 Å². The lowest BCUT2D eigenvalue weighted by molar-refractivity contribution is 0.218. The summed E-state index contributed by atoms with van der Waals surface area (Å²) in [5.74, 6) is 0.770. The number of nitrogens with zero attached hydrogens (tertiary/aromatic N) is 3. The third-order valence-electron chi connectivity index (χ3n) is 3.47. The fourth-order valence-electron chi connectivity index (χ4n) is 2.58. The number of imidazole rings is 1. The molecule has 1 fully saturated rings. The molecule has 17 heavy (non-hydrogen) atoms. The second-order valence-electron chi connectivity index (χ2n) is 4.73. The second-order valence-corrected chi connectivity index (χ2v) is 4.73. The van der Waals surface area contributed by atoms with Gasteiger partial charge in [-0.2, -0.15) is 0 Å². The lowest BCUT2D eigenvalue weighted by atomic mass is 10.1. The third-order valence-corrected chi connectivity index (χ3v) is 3.47. The number of aromatic nitrogens is 2. The van der Waals surface area contributed by atoms with Crippen LogP contribution in [0, 0.1) is 0 Å². The van der Waals surface area contributed by atoms with E-state index < -0.39 is 0 Å². The van der Waals surface area contributed by atoms with Gasteiger partial charge in [-0.1, -0.05) is 12.5 Å². The summed E-state index contributed by atoms with van der Waals surface area (Å²) in [6.07, 6.45) is 5.94. The molecule has 1 saturated heterocycles. The lowest BCUT2D eigenvalue weighted by Crippen LogP contribution is -2.29. The molecule has 0 unspecified atom stereocenters. The normalized spacial score (nSPS) is 17.6. The molecule has 0 aliphatic carbocycles. The predicted molar refractivity (Wildman–Crippen MR) is 68.7 cm³/mol. The molecule has 0 bridgehead atoms. The van der Waals surface area contributed by atoms with Gasteiger partial charge in [-0.25, -0.2) is 4.98 Å². The van der Waals surface area contributed by atoms with Crippen LogP contribution in [0.1, 0.15) is 25.0 Å². The molecule has 0 saturated carbocycles. The average molecular weight is 230 g/mol. The summed E-state index contributed by atoms with van der Waals surface area (Å²) in [6.45, 7) is 3.34. The molecular formula is C13H18N4. The minimum atomic E-state index is 0.770. The minimum Gasteiger partial charge on any atom is -0.385 e. The van der Waals surface area contributed by atoms with Gasteiger partial charge in [0.1, 0.15) is 11.5 Å². The maximum atomic E-state index is 6.01. The van der Waals surface area contributed by atoms with E-state index in [0.717, 1.165) is 18.0 Å². The minimum absolute atomic E-state index is 0.770. The molecule has 4 nitrogen and oxygen atoms in total. The Balaban J connectivity index is 1.89. The van der Waals surface area contributed by atoms with Crippen molar-refractivity contribution < 1.29 is 0 Å². The standard InChI is InChI=1S/C13H18N4/c14-12-5-4-6-13-15-9-11(17(12)13)10-16-7-2-1-3-8-16/h4-6,9H,1-3,7-8,10,14H2. The van der Waals surface area contributed by atoms with Gasteiger partial charge < -0.3 is 5.73 Å². The zero-order valence-electron chi connectivity index (χ0n) is 9.97. The van der Waals surface area contributed by atoms with Crippen LogP contribution in [0.3, 0.4) is 0 Å². The van der Waals surface area contributed by atoms with Crippen molar-refractivity contribution in [1.29, 1.82) is 0 Å². The van der Waals surface area contributed by atoms with Crippen molar-refractivity contribution in [3.8, 4) is 0 Å². The van der Waals surface area contributed by atoms with Crippen LogP contribution in [-0.4, -0.2) is 27.4 Å². The van der Waals surface area contributed by atoms with E-state index in [4.69, 9.17) is 5.73 Å². The van der Waals surface area contributed by atoms with Crippen molar-refractivity contribution in [1.82, 2.24) is 14.3 Å². The number of nitrogens with two attached hydrogens (primary N) is 1. The van der Waals surface area contributed by atoms with E-state index in [1.165, 1.54) is 38.0 Å². The maximum Gasteiger partial charge on any atom is 0.138 e. The smallest absolute Gasteiger partial charge is 0.138 e. The Morgan fingerprint density at radius 3 is 2.82 bits per heavy atom. The van der Waals surface area contributed by atoms with E-state index in [1.54, 1.807) is 0 Å². The van der Waals surface area contributed by atoms with Crippen LogP contribution >= 0.6 is 0 Å². The Bertz CT molecular complexity index is 511.